The van der Waals surface area contributed by atoms with Crippen LogP contribution in [0.15, 0.2) is 118 Å². The second kappa shape index (κ2) is 11.0. The second-order valence-corrected chi connectivity index (χ2v) is 18.1. The molecule has 6 aromatic carbocycles. The molecule has 0 saturated heterocycles. The molecule has 0 fully saturated rings. The molecule has 0 amide bonds. The zero-order chi connectivity index (χ0) is 37.6. The van der Waals surface area contributed by atoms with Crippen LogP contribution in [0.5, 0.6) is 0 Å². The third-order valence-corrected chi connectivity index (χ3v) is 13.5. The van der Waals surface area contributed by atoms with Gasteiger partial charge in [-0.25, -0.2) is 0 Å². The average Bonchev–Trinajstić information content (AvgIpc) is 3.73. The SMILES string of the molecule is Cc1cc2c(cc1N1c3cc4oc5ccccc5c4c(-c4cccc5c4Nc4ccccc4C5(C)C)c3Bc3c1oc1ccccc31)C(C)(C)CCC2(C)C. The van der Waals surface area contributed by atoms with Gasteiger partial charge in [0.05, 0.1) is 11.4 Å². The van der Waals surface area contributed by atoms with Gasteiger partial charge >= 0.3 is 0 Å². The number of anilines is 5. The highest BCUT2D eigenvalue weighted by atomic mass is 16.4. The minimum Gasteiger partial charge on any atom is -0.456 e. The summed E-state index contributed by atoms with van der Waals surface area (Å²) in [7, 11) is 0.731. The van der Waals surface area contributed by atoms with Gasteiger partial charge in [0, 0.05) is 44.6 Å². The van der Waals surface area contributed by atoms with E-state index in [2.05, 4.69) is 168 Å². The van der Waals surface area contributed by atoms with Crippen LogP contribution in [0.4, 0.5) is 28.6 Å². The Kier molecular flexibility index (Phi) is 6.53. The lowest BCUT2D eigenvalue weighted by Crippen LogP contribution is -2.41. The summed E-state index contributed by atoms with van der Waals surface area (Å²) >= 11 is 0. The van der Waals surface area contributed by atoms with Crippen molar-refractivity contribution < 1.29 is 8.83 Å². The van der Waals surface area contributed by atoms with Gasteiger partial charge in [0.25, 0.3) is 0 Å². The highest BCUT2D eigenvalue weighted by molar-refractivity contribution is 6.76. The maximum Gasteiger partial charge on any atom is 0.203 e. The first-order valence-corrected chi connectivity index (χ1v) is 19.9. The third-order valence-electron chi connectivity index (χ3n) is 13.5. The molecular weight excluding hydrogens is 671 g/mol. The third kappa shape index (κ3) is 4.47. The lowest BCUT2D eigenvalue weighted by atomic mass is 9.58. The molecule has 0 unspecified atom stereocenters. The number of hydrogen-bond acceptors (Lipinski definition) is 4. The number of para-hydroxylation sites is 4. The Balaban J connectivity index is 1.27. The van der Waals surface area contributed by atoms with Crippen molar-refractivity contribution in [2.45, 2.75) is 77.6 Å². The second-order valence-electron chi connectivity index (χ2n) is 18.1. The molecule has 8 aromatic rings. The van der Waals surface area contributed by atoms with Crippen LogP contribution in [0.2, 0.25) is 0 Å². The summed E-state index contributed by atoms with van der Waals surface area (Å²) in [4.78, 5) is 2.43. The van der Waals surface area contributed by atoms with Crippen LogP contribution in [0.25, 0.3) is 44.0 Å². The largest absolute Gasteiger partial charge is 0.456 e. The molecule has 0 atom stereocenters. The monoisotopic (exact) mass is 716 g/mol. The first-order valence-electron chi connectivity index (χ1n) is 19.9. The van der Waals surface area contributed by atoms with Gasteiger partial charge in [0.15, 0.2) is 5.88 Å². The fraction of sp³-hybridized carbons (Fsp3) is 0.240. The molecule has 4 heterocycles. The standard InChI is InChI=1S/C50H45BN2O2/c1-28-25-34-35(49(4,5)24-23-48(34,2)3)26-37(28)53-38-27-41-42(29-15-8-12-21-39(29)54-41)43(45(38)51-44-30-16-9-13-22-40(30)55-47(44)53)31-17-14-19-33-46(31)52-36-20-11-10-18-32(36)50(33,6)7/h8-22,25-27,51-52H,23-24H2,1-7H3. The van der Waals surface area contributed by atoms with Crippen molar-refractivity contribution in [3.63, 3.8) is 0 Å². The number of nitrogens with one attached hydrogen (secondary N) is 1. The Hall–Kier alpha value is -5.68. The number of rotatable bonds is 2. The van der Waals surface area contributed by atoms with Crippen molar-refractivity contribution in [3.05, 3.63) is 137 Å². The quantitative estimate of drug-likeness (QED) is 0.181. The lowest BCUT2D eigenvalue weighted by molar-refractivity contribution is 0.332. The number of hydrogen-bond donors (Lipinski definition) is 1. The molecule has 2 aliphatic heterocycles. The summed E-state index contributed by atoms with van der Waals surface area (Å²) in [5.41, 5.74) is 18.9. The van der Waals surface area contributed by atoms with Crippen LogP contribution < -0.4 is 21.1 Å². The minimum atomic E-state index is -0.194. The molecule has 2 aromatic heterocycles. The first-order chi connectivity index (χ1) is 26.4. The van der Waals surface area contributed by atoms with Gasteiger partial charge in [0.1, 0.15) is 16.7 Å². The lowest BCUT2D eigenvalue weighted by Gasteiger charge is -2.43. The van der Waals surface area contributed by atoms with Gasteiger partial charge in [-0.3, -0.25) is 4.90 Å². The van der Waals surface area contributed by atoms with E-state index in [0.29, 0.717) is 0 Å². The number of benzene rings is 6. The number of furan rings is 2. The average molecular weight is 717 g/mol. The van der Waals surface area contributed by atoms with Gasteiger partial charge in [-0.15, -0.1) is 0 Å². The predicted octanol–water partition coefficient (Wildman–Crippen LogP) is 12.2. The normalized spacial score (nSPS) is 17.2. The molecule has 0 spiro atoms. The Labute approximate surface area is 323 Å². The van der Waals surface area contributed by atoms with Crippen LogP contribution in [-0.2, 0) is 16.2 Å². The van der Waals surface area contributed by atoms with E-state index in [1.807, 2.05) is 0 Å². The molecule has 55 heavy (non-hydrogen) atoms. The Morgan fingerprint density at radius 1 is 0.600 bits per heavy atom. The zero-order valence-electron chi connectivity index (χ0n) is 32.8. The van der Waals surface area contributed by atoms with E-state index >= 15 is 0 Å². The number of aryl methyl sites for hydroxylation is 1. The molecule has 0 bridgehead atoms. The van der Waals surface area contributed by atoms with E-state index in [9.17, 15) is 0 Å². The van der Waals surface area contributed by atoms with Crippen LogP contribution in [0.1, 0.15) is 82.2 Å². The van der Waals surface area contributed by atoms with Crippen molar-refractivity contribution in [2.24, 2.45) is 0 Å². The van der Waals surface area contributed by atoms with E-state index < -0.39 is 0 Å². The van der Waals surface area contributed by atoms with Crippen molar-refractivity contribution in [3.8, 4) is 11.1 Å². The summed E-state index contributed by atoms with van der Waals surface area (Å²) in [5.74, 6) is 0.898. The van der Waals surface area contributed by atoms with Crippen molar-refractivity contribution in [1.29, 1.82) is 0 Å². The van der Waals surface area contributed by atoms with E-state index in [-0.39, 0.29) is 16.2 Å². The molecular formula is C50H45BN2O2. The van der Waals surface area contributed by atoms with Crippen molar-refractivity contribution in [2.75, 3.05) is 10.2 Å². The minimum absolute atomic E-state index is 0.0499. The number of fused-ring (bicyclic) bond motifs is 10. The first kappa shape index (κ1) is 32.7. The summed E-state index contributed by atoms with van der Waals surface area (Å²) in [5, 5.41) is 7.41. The molecule has 1 N–H and O–H groups in total. The molecule has 270 valence electrons. The Morgan fingerprint density at radius 3 is 2.04 bits per heavy atom. The molecule has 11 rings (SSSR count). The molecule has 4 nitrogen and oxygen atoms in total. The Morgan fingerprint density at radius 2 is 1.25 bits per heavy atom. The zero-order valence-corrected chi connectivity index (χ0v) is 32.8. The summed E-state index contributed by atoms with van der Waals surface area (Å²) in [6.07, 6.45) is 2.33. The van der Waals surface area contributed by atoms with Crippen LogP contribution in [-0.4, -0.2) is 7.28 Å². The van der Waals surface area contributed by atoms with Crippen LogP contribution in [0, 0.1) is 6.92 Å². The van der Waals surface area contributed by atoms with Gasteiger partial charge in [-0.2, -0.15) is 0 Å². The van der Waals surface area contributed by atoms with Crippen molar-refractivity contribution in [1.82, 2.24) is 0 Å². The maximum atomic E-state index is 6.96. The highest BCUT2D eigenvalue weighted by Gasteiger charge is 2.41. The topological polar surface area (TPSA) is 41.6 Å². The van der Waals surface area contributed by atoms with E-state index in [0.717, 1.165) is 75.2 Å². The van der Waals surface area contributed by atoms with E-state index in [4.69, 9.17) is 8.83 Å². The molecule has 5 heteroatoms. The molecule has 1 aliphatic carbocycles. The summed E-state index contributed by atoms with van der Waals surface area (Å²) < 4.78 is 13.8. The smallest absolute Gasteiger partial charge is 0.203 e. The van der Waals surface area contributed by atoms with Gasteiger partial charge in [-0.05, 0) is 99.2 Å². The van der Waals surface area contributed by atoms with Gasteiger partial charge in [0.2, 0.25) is 7.28 Å². The van der Waals surface area contributed by atoms with E-state index in [1.54, 1.807) is 0 Å². The highest BCUT2D eigenvalue weighted by Crippen LogP contribution is 2.53. The fourth-order valence-corrected chi connectivity index (χ4v) is 10.3. The molecule has 0 saturated carbocycles. The Bertz CT molecular complexity index is 2940. The summed E-state index contributed by atoms with van der Waals surface area (Å²) in [6, 6.07) is 39.9. The van der Waals surface area contributed by atoms with Crippen molar-refractivity contribution >= 4 is 79.7 Å². The molecule has 0 radical (unpaired) electrons. The maximum absolute atomic E-state index is 6.96. The van der Waals surface area contributed by atoms with E-state index in [1.165, 1.54) is 56.3 Å². The summed E-state index contributed by atoms with van der Waals surface area (Å²) in [6.45, 7) is 16.6. The van der Waals surface area contributed by atoms with Crippen LogP contribution in [0.3, 0.4) is 0 Å². The van der Waals surface area contributed by atoms with Crippen LogP contribution >= 0.6 is 0 Å². The molecule has 3 aliphatic rings. The van der Waals surface area contributed by atoms with Gasteiger partial charge in [-0.1, -0.05) is 120 Å². The van der Waals surface area contributed by atoms with Gasteiger partial charge < -0.3 is 14.2 Å². The number of nitrogens with zero attached hydrogens (tertiary/aromatic N) is 1. The fourth-order valence-electron chi connectivity index (χ4n) is 10.3. The predicted molar refractivity (Wildman–Crippen MR) is 232 cm³/mol.